The van der Waals surface area contributed by atoms with Crippen LogP contribution in [0.1, 0.15) is 116 Å². The average Bonchev–Trinajstić information content (AvgIpc) is 3.88. The molecule has 0 N–H and O–H groups in total. The summed E-state index contributed by atoms with van der Waals surface area (Å²) in [6.07, 6.45) is 3.67. The summed E-state index contributed by atoms with van der Waals surface area (Å²) in [4.78, 5) is 14.2. The third kappa shape index (κ3) is 9.16. The Morgan fingerprint density at radius 3 is 1.81 bits per heavy atom. The SMILES string of the molecule is CC(C)(C)c1ccc2c(c1)Sc1cc(C(C)(C)C)cc3c1N2c1cc(-c2c[c-]c(-c4ccccn4)cc2)cc2c1B3c1cc(C(C)(C)C)cc3c4cc(C(C)(C)C)ccc4n-2c13.Cc1cnc(-c2[c-]cc(F)cc2)cc1C.[Ir]. The summed E-state index contributed by atoms with van der Waals surface area (Å²) in [6, 6.07) is 55.2. The van der Waals surface area contributed by atoms with Gasteiger partial charge in [0.25, 0.3) is 6.71 Å². The summed E-state index contributed by atoms with van der Waals surface area (Å²) in [5.41, 5.74) is 25.5. The van der Waals surface area contributed by atoms with Crippen LogP contribution in [0, 0.1) is 31.8 Å². The molecule has 3 aromatic heterocycles. The van der Waals surface area contributed by atoms with Gasteiger partial charge in [-0.3, -0.25) is 4.39 Å². The number of halogens is 1. The molecular weight excluding hydrogens is 1150 g/mol. The minimum absolute atomic E-state index is 0. The van der Waals surface area contributed by atoms with Gasteiger partial charge < -0.3 is 19.4 Å². The first-order chi connectivity index (χ1) is 36.4. The molecule has 0 saturated heterocycles. The molecule has 7 aromatic carbocycles. The number of hydrogen-bond donors (Lipinski definition) is 0. The van der Waals surface area contributed by atoms with E-state index >= 15 is 0 Å². The first-order valence-electron chi connectivity index (χ1n) is 27.1. The Morgan fingerprint density at radius 1 is 0.526 bits per heavy atom. The van der Waals surface area contributed by atoms with E-state index in [0.29, 0.717) is 0 Å². The summed E-state index contributed by atoms with van der Waals surface area (Å²) < 4.78 is 15.3. The van der Waals surface area contributed by atoms with E-state index < -0.39 is 0 Å². The molecule has 3 aliphatic rings. The van der Waals surface area contributed by atoms with E-state index in [0.717, 1.165) is 33.6 Å². The van der Waals surface area contributed by atoms with Crippen LogP contribution in [0.3, 0.4) is 0 Å². The zero-order valence-electron chi connectivity index (χ0n) is 47.3. The van der Waals surface area contributed by atoms with E-state index in [1.807, 2.05) is 56.2 Å². The van der Waals surface area contributed by atoms with E-state index in [2.05, 4.69) is 212 Å². The zero-order chi connectivity index (χ0) is 54.2. The van der Waals surface area contributed by atoms with Gasteiger partial charge in [-0.1, -0.05) is 154 Å². The number of pyridine rings is 2. The maximum atomic E-state index is 12.7. The molecule has 0 saturated carbocycles. The molecule has 78 heavy (non-hydrogen) atoms. The van der Waals surface area contributed by atoms with Crippen LogP contribution in [-0.2, 0) is 41.8 Å². The number of hydrogen-bond acceptors (Lipinski definition) is 4. The molecule has 393 valence electrons. The number of anilines is 3. The molecule has 0 atom stereocenters. The maximum absolute atomic E-state index is 12.7. The summed E-state index contributed by atoms with van der Waals surface area (Å²) >= 11 is 1.96. The number of rotatable bonds is 3. The van der Waals surface area contributed by atoms with E-state index in [1.165, 1.54) is 116 Å². The summed E-state index contributed by atoms with van der Waals surface area (Å²) in [5, 5.41) is 2.67. The Balaban J connectivity index is 0.000000349. The van der Waals surface area contributed by atoms with Gasteiger partial charge in [-0.15, -0.1) is 59.7 Å². The van der Waals surface area contributed by atoms with Crippen LogP contribution in [0.4, 0.5) is 21.5 Å². The van der Waals surface area contributed by atoms with Gasteiger partial charge in [0.1, 0.15) is 0 Å². The third-order valence-electron chi connectivity index (χ3n) is 16.1. The standard InChI is InChI=1S/C57H55BN3S.C13H11FN.Ir/c1-54(2,3)36-20-22-45-40(27-36)41-28-38(56(7,8)9)29-42-52(41)60(45)47-25-35(33-16-18-34(19-17-33)44-15-13-14-24-59-44)26-48-51(47)58(42)43-30-39(57(10,11)12)32-50-53(43)61(48)46-23-21-37(55(4,5)6)31-49(46)62-50;1-9-7-13(15-8-10(9)2)11-3-5-12(14)6-4-11;/h13-18,20-32H,1-12H3;3,5-8H,1-2H3;/q2*-1;. The van der Waals surface area contributed by atoms with Crippen molar-refractivity contribution in [2.24, 2.45) is 0 Å². The molecular formula is C70H66BFIrN4S-2. The van der Waals surface area contributed by atoms with Crippen molar-refractivity contribution in [3.8, 4) is 39.3 Å². The first kappa shape index (κ1) is 53.4. The fraction of sp³-hybridized carbons (Fsp3) is 0.257. The van der Waals surface area contributed by atoms with Crippen LogP contribution in [-0.4, -0.2) is 21.2 Å². The van der Waals surface area contributed by atoms with Crippen LogP contribution in [0.5, 0.6) is 0 Å². The molecule has 0 unspecified atom stereocenters. The molecule has 13 rings (SSSR count). The van der Waals surface area contributed by atoms with Crippen LogP contribution < -0.4 is 21.3 Å². The Bertz CT molecular complexity index is 4020. The monoisotopic (exact) mass is 1220 g/mol. The fourth-order valence-corrected chi connectivity index (χ4v) is 12.6. The Hall–Kier alpha value is -6.57. The molecule has 10 aromatic rings. The Morgan fingerprint density at radius 2 is 1.15 bits per heavy atom. The summed E-state index contributed by atoms with van der Waals surface area (Å²) in [7, 11) is 0. The molecule has 0 aliphatic carbocycles. The van der Waals surface area contributed by atoms with Gasteiger partial charge in [-0.25, -0.2) is 0 Å². The van der Waals surface area contributed by atoms with Crippen molar-refractivity contribution in [2.45, 2.75) is 128 Å². The van der Waals surface area contributed by atoms with Crippen LogP contribution in [0.15, 0.2) is 156 Å². The molecule has 0 amide bonds. The van der Waals surface area contributed by atoms with Crippen molar-refractivity contribution in [3.05, 3.63) is 197 Å². The van der Waals surface area contributed by atoms with E-state index in [9.17, 15) is 4.39 Å². The number of aromatic nitrogens is 3. The van der Waals surface area contributed by atoms with Crippen LogP contribution in [0.2, 0.25) is 0 Å². The van der Waals surface area contributed by atoms with Crippen molar-refractivity contribution >= 4 is 73.7 Å². The second-order valence-electron chi connectivity index (χ2n) is 25.7. The minimum Gasteiger partial charge on any atom is -0.310 e. The van der Waals surface area contributed by atoms with Crippen LogP contribution >= 0.6 is 11.8 Å². The normalized spacial score (nSPS) is 13.4. The average molecular weight is 1220 g/mol. The van der Waals surface area contributed by atoms with Crippen molar-refractivity contribution in [1.82, 2.24) is 14.5 Å². The van der Waals surface area contributed by atoms with Gasteiger partial charge in [0.05, 0.1) is 16.9 Å². The Kier molecular flexibility index (Phi) is 13.1. The third-order valence-corrected chi connectivity index (χ3v) is 17.2. The van der Waals surface area contributed by atoms with Gasteiger partial charge in [0.2, 0.25) is 0 Å². The maximum Gasteiger partial charge on any atom is 0.252 e. The summed E-state index contributed by atoms with van der Waals surface area (Å²) in [5.74, 6) is -0.275. The smallest absolute Gasteiger partial charge is 0.252 e. The predicted molar refractivity (Wildman–Crippen MR) is 324 cm³/mol. The van der Waals surface area contributed by atoms with Gasteiger partial charge >= 0.3 is 0 Å². The van der Waals surface area contributed by atoms with Crippen LogP contribution in [0.25, 0.3) is 61.1 Å². The molecule has 3 aliphatic heterocycles. The molecule has 0 spiro atoms. The van der Waals surface area contributed by atoms with Crippen molar-refractivity contribution in [2.75, 3.05) is 4.90 Å². The quantitative estimate of drug-likeness (QED) is 0.130. The van der Waals surface area contributed by atoms with Crippen molar-refractivity contribution in [1.29, 1.82) is 0 Å². The molecule has 6 heterocycles. The summed E-state index contributed by atoms with van der Waals surface area (Å²) in [6.45, 7) is 32.3. The number of nitrogens with zero attached hydrogens (tertiary/aromatic N) is 4. The zero-order valence-corrected chi connectivity index (χ0v) is 50.6. The van der Waals surface area contributed by atoms with Crippen molar-refractivity contribution in [3.63, 3.8) is 0 Å². The molecule has 0 fully saturated rings. The number of fused-ring (bicyclic) bond motifs is 9. The second-order valence-corrected chi connectivity index (χ2v) is 26.8. The number of aryl methyl sites for hydroxylation is 2. The van der Waals surface area contributed by atoms with Gasteiger partial charge in [-0.05, 0) is 146 Å². The Labute approximate surface area is 479 Å². The number of benzene rings is 7. The van der Waals surface area contributed by atoms with E-state index in [-0.39, 0.29) is 54.3 Å². The van der Waals surface area contributed by atoms with Gasteiger partial charge in [0, 0.05) is 75.8 Å². The predicted octanol–water partition coefficient (Wildman–Crippen LogP) is 16.9. The van der Waals surface area contributed by atoms with Gasteiger partial charge in [-0.2, -0.15) is 0 Å². The topological polar surface area (TPSA) is 34.0 Å². The van der Waals surface area contributed by atoms with Crippen molar-refractivity contribution < 1.29 is 24.5 Å². The largest absolute Gasteiger partial charge is 0.310 e. The first-order valence-corrected chi connectivity index (χ1v) is 27.9. The molecule has 1 radical (unpaired) electrons. The van der Waals surface area contributed by atoms with Gasteiger partial charge in [0.15, 0.2) is 0 Å². The van der Waals surface area contributed by atoms with E-state index in [4.69, 9.17) is 0 Å². The fourth-order valence-electron chi connectivity index (χ4n) is 11.4. The second kappa shape index (κ2) is 19.1. The molecule has 0 bridgehead atoms. The van der Waals surface area contributed by atoms with E-state index in [1.54, 1.807) is 6.07 Å². The molecule has 8 heteroatoms. The minimum atomic E-state index is -0.275. The molecule has 4 nitrogen and oxygen atoms in total.